The summed E-state index contributed by atoms with van der Waals surface area (Å²) in [5.41, 5.74) is 0.524. The molecule has 0 unspecified atom stereocenters. The zero-order chi connectivity index (χ0) is 9.68. The summed E-state index contributed by atoms with van der Waals surface area (Å²) in [6.45, 7) is 0. The molecule has 4 heteroatoms. The zero-order valence-corrected chi connectivity index (χ0v) is 7.21. The van der Waals surface area contributed by atoms with Gasteiger partial charge in [0.15, 0.2) is 0 Å². The molecule has 4 nitrogen and oxygen atoms in total. The number of amides is 2. The van der Waals surface area contributed by atoms with Crippen molar-refractivity contribution in [2.24, 2.45) is 0 Å². The molecular formula is C9H11NO3. The first-order chi connectivity index (χ1) is 6.24. The summed E-state index contributed by atoms with van der Waals surface area (Å²) < 4.78 is 0. The highest BCUT2D eigenvalue weighted by molar-refractivity contribution is 6.16. The molecule has 0 fully saturated rings. The molecule has 0 aromatic heterocycles. The standard InChI is InChI=1S/C9H11NO3/c11-5-3-1-2-4-7-6-8(12)10-9(7)13/h5-6H,1-4H2,(H,10,12,13). The van der Waals surface area contributed by atoms with Crippen molar-refractivity contribution in [3.8, 4) is 0 Å². The minimum absolute atomic E-state index is 0.295. The van der Waals surface area contributed by atoms with Crippen LogP contribution in [0.4, 0.5) is 0 Å². The van der Waals surface area contributed by atoms with Gasteiger partial charge in [0.2, 0.25) is 0 Å². The van der Waals surface area contributed by atoms with Crippen molar-refractivity contribution in [1.29, 1.82) is 0 Å². The predicted molar refractivity (Wildman–Crippen MR) is 45.8 cm³/mol. The highest BCUT2D eigenvalue weighted by Gasteiger charge is 2.19. The van der Waals surface area contributed by atoms with Crippen LogP contribution in [0.1, 0.15) is 25.7 Å². The van der Waals surface area contributed by atoms with Crippen molar-refractivity contribution in [2.75, 3.05) is 0 Å². The molecule has 0 bridgehead atoms. The maximum atomic E-state index is 11.0. The topological polar surface area (TPSA) is 63.2 Å². The van der Waals surface area contributed by atoms with Crippen LogP contribution in [0.5, 0.6) is 0 Å². The van der Waals surface area contributed by atoms with E-state index in [1.165, 1.54) is 6.08 Å². The van der Waals surface area contributed by atoms with E-state index in [1.807, 2.05) is 0 Å². The number of carbonyl (C=O) groups is 3. The Morgan fingerprint density at radius 3 is 2.62 bits per heavy atom. The summed E-state index contributed by atoms with van der Waals surface area (Å²) in [4.78, 5) is 31.6. The molecule has 2 amide bonds. The Bertz CT molecular complexity index is 268. The van der Waals surface area contributed by atoms with Crippen molar-refractivity contribution in [1.82, 2.24) is 5.32 Å². The van der Waals surface area contributed by atoms with Crippen LogP contribution in [-0.4, -0.2) is 18.1 Å². The number of hydrogen-bond donors (Lipinski definition) is 1. The lowest BCUT2D eigenvalue weighted by molar-refractivity contribution is -0.123. The van der Waals surface area contributed by atoms with Gasteiger partial charge in [-0.05, 0) is 19.3 Å². The number of hydrogen-bond acceptors (Lipinski definition) is 3. The van der Waals surface area contributed by atoms with Crippen LogP contribution in [-0.2, 0) is 14.4 Å². The van der Waals surface area contributed by atoms with Crippen molar-refractivity contribution >= 4 is 18.1 Å². The second-order valence-electron chi connectivity index (χ2n) is 2.90. The van der Waals surface area contributed by atoms with Crippen LogP contribution in [0, 0.1) is 0 Å². The van der Waals surface area contributed by atoms with Crippen LogP contribution < -0.4 is 5.32 Å². The van der Waals surface area contributed by atoms with E-state index in [2.05, 4.69) is 5.32 Å². The quantitative estimate of drug-likeness (QED) is 0.377. The largest absolute Gasteiger partial charge is 0.303 e. The first-order valence-electron chi connectivity index (χ1n) is 4.23. The second kappa shape index (κ2) is 4.54. The Morgan fingerprint density at radius 1 is 1.31 bits per heavy atom. The first-order valence-corrected chi connectivity index (χ1v) is 4.23. The van der Waals surface area contributed by atoms with Crippen molar-refractivity contribution in [2.45, 2.75) is 25.7 Å². The summed E-state index contributed by atoms with van der Waals surface area (Å²) in [7, 11) is 0. The summed E-state index contributed by atoms with van der Waals surface area (Å²) in [6, 6.07) is 0. The van der Waals surface area contributed by atoms with E-state index in [1.54, 1.807) is 0 Å². The Hall–Kier alpha value is -1.45. The molecular weight excluding hydrogens is 170 g/mol. The van der Waals surface area contributed by atoms with Gasteiger partial charge >= 0.3 is 0 Å². The fourth-order valence-corrected chi connectivity index (χ4v) is 1.18. The van der Waals surface area contributed by atoms with E-state index in [0.717, 1.165) is 19.1 Å². The van der Waals surface area contributed by atoms with Crippen LogP contribution >= 0.6 is 0 Å². The lowest BCUT2D eigenvalue weighted by atomic mass is 10.1. The van der Waals surface area contributed by atoms with Crippen LogP contribution in [0.3, 0.4) is 0 Å². The fourth-order valence-electron chi connectivity index (χ4n) is 1.18. The Kier molecular flexibility index (Phi) is 3.37. The molecule has 0 aliphatic carbocycles. The van der Waals surface area contributed by atoms with Crippen molar-refractivity contribution < 1.29 is 14.4 Å². The number of nitrogens with one attached hydrogen (secondary N) is 1. The number of unbranched alkanes of at least 4 members (excludes halogenated alkanes) is 2. The Balaban J connectivity index is 2.28. The smallest absolute Gasteiger partial charge is 0.254 e. The summed E-state index contributed by atoms with van der Waals surface area (Å²) in [5.74, 6) is -0.633. The summed E-state index contributed by atoms with van der Waals surface area (Å²) in [5, 5.41) is 2.17. The van der Waals surface area contributed by atoms with E-state index >= 15 is 0 Å². The molecule has 13 heavy (non-hydrogen) atoms. The molecule has 1 aliphatic rings. The van der Waals surface area contributed by atoms with Gasteiger partial charge in [0.05, 0.1) is 0 Å². The van der Waals surface area contributed by atoms with Gasteiger partial charge in [-0.2, -0.15) is 0 Å². The van der Waals surface area contributed by atoms with Gasteiger partial charge in [-0.1, -0.05) is 0 Å². The number of aldehydes is 1. The van der Waals surface area contributed by atoms with Gasteiger partial charge in [-0.25, -0.2) is 0 Å². The van der Waals surface area contributed by atoms with Crippen LogP contribution in [0.2, 0.25) is 0 Å². The second-order valence-corrected chi connectivity index (χ2v) is 2.90. The van der Waals surface area contributed by atoms with Crippen molar-refractivity contribution in [3.63, 3.8) is 0 Å². The molecule has 0 atom stereocenters. The molecule has 0 saturated heterocycles. The SMILES string of the molecule is O=CCCCCC1=CC(=O)NC1=O. The summed E-state index contributed by atoms with van der Waals surface area (Å²) in [6.07, 6.45) is 4.80. The van der Waals surface area contributed by atoms with Gasteiger partial charge in [-0.3, -0.25) is 14.9 Å². The molecule has 0 spiro atoms. The van der Waals surface area contributed by atoms with Gasteiger partial charge in [-0.15, -0.1) is 0 Å². The predicted octanol–water partition coefficient (Wildman–Crippen LogP) is 0.328. The minimum atomic E-state index is -0.338. The monoisotopic (exact) mass is 181 g/mol. The van der Waals surface area contributed by atoms with E-state index in [0.29, 0.717) is 18.4 Å². The summed E-state index contributed by atoms with van der Waals surface area (Å²) >= 11 is 0. The Labute approximate surface area is 76.0 Å². The van der Waals surface area contributed by atoms with Gasteiger partial charge in [0.25, 0.3) is 11.8 Å². The highest BCUT2D eigenvalue weighted by atomic mass is 16.2. The highest BCUT2D eigenvalue weighted by Crippen LogP contribution is 2.11. The van der Waals surface area contributed by atoms with Gasteiger partial charge in [0.1, 0.15) is 6.29 Å². The van der Waals surface area contributed by atoms with Crippen LogP contribution in [0.25, 0.3) is 0 Å². The zero-order valence-electron chi connectivity index (χ0n) is 7.21. The van der Waals surface area contributed by atoms with E-state index in [-0.39, 0.29) is 11.8 Å². The fraction of sp³-hybridized carbons (Fsp3) is 0.444. The minimum Gasteiger partial charge on any atom is -0.303 e. The molecule has 0 radical (unpaired) electrons. The first kappa shape index (κ1) is 9.64. The van der Waals surface area contributed by atoms with Gasteiger partial charge < -0.3 is 4.79 Å². The third kappa shape index (κ3) is 2.82. The van der Waals surface area contributed by atoms with E-state index < -0.39 is 0 Å². The molecule has 0 aromatic rings. The van der Waals surface area contributed by atoms with Crippen LogP contribution in [0.15, 0.2) is 11.6 Å². The number of carbonyl (C=O) groups excluding carboxylic acids is 3. The Morgan fingerprint density at radius 2 is 2.08 bits per heavy atom. The normalized spacial score (nSPS) is 15.5. The third-order valence-electron chi connectivity index (χ3n) is 1.85. The van der Waals surface area contributed by atoms with E-state index in [4.69, 9.17) is 0 Å². The molecule has 1 rings (SSSR count). The maximum absolute atomic E-state index is 11.0. The lowest BCUT2D eigenvalue weighted by Gasteiger charge is -1.97. The molecule has 1 heterocycles. The van der Waals surface area contributed by atoms with Gasteiger partial charge in [0, 0.05) is 18.1 Å². The van der Waals surface area contributed by atoms with E-state index in [9.17, 15) is 14.4 Å². The third-order valence-corrected chi connectivity index (χ3v) is 1.85. The molecule has 1 aliphatic heterocycles. The number of rotatable bonds is 5. The lowest BCUT2D eigenvalue weighted by Crippen LogP contribution is -2.22. The molecule has 70 valence electrons. The molecule has 0 aromatic carbocycles. The van der Waals surface area contributed by atoms with Crippen molar-refractivity contribution in [3.05, 3.63) is 11.6 Å². The average molecular weight is 181 g/mol. The average Bonchev–Trinajstić information content (AvgIpc) is 2.39. The maximum Gasteiger partial charge on any atom is 0.254 e. The molecule has 1 N–H and O–H groups in total. The molecule has 0 saturated carbocycles. The number of imide groups is 1.